The number of nitrogens with zero attached hydrogens (tertiary/aromatic N) is 1. The molecular formula is C20H16Cl2N2O4. The van der Waals surface area contributed by atoms with Crippen LogP contribution < -0.4 is 10.1 Å². The molecule has 0 aliphatic heterocycles. The number of nitrogens with one attached hydrogen (secondary N) is 1. The minimum Gasteiger partial charge on any atom is -0.495 e. The second-order valence-corrected chi connectivity index (χ2v) is 6.75. The zero-order valence-electron chi connectivity index (χ0n) is 15.0. The highest BCUT2D eigenvalue weighted by Crippen LogP contribution is 2.28. The summed E-state index contributed by atoms with van der Waals surface area (Å²) in [4.78, 5) is 29.0. The number of pyridine rings is 1. The number of amides is 1. The Bertz CT molecular complexity index is 1060. The summed E-state index contributed by atoms with van der Waals surface area (Å²) in [5.41, 5.74) is 1.34. The lowest BCUT2D eigenvalue weighted by Gasteiger charge is -2.15. The van der Waals surface area contributed by atoms with E-state index in [9.17, 15) is 9.59 Å². The van der Waals surface area contributed by atoms with Gasteiger partial charge in [0.25, 0.3) is 5.91 Å². The fourth-order valence-corrected chi connectivity index (χ4v) is 2.85. The topological polar surface area (TPSA) is 77.5 Å². The largest absolute Gasteiger partial charge is 0.495 e. The summed E-state index contributed by atoms with van der Waals surface area (Å²) in [6, 6.07) is 13.1. The molecule has 0 aliphatic carbocycles. The van der Waals surface area contributed by atoms with Crippen LogP contribution in [0.4, 0.5) is 5.69 Å². The Morgan fingerprint density at radius 2 is 1.86 bits per heavy atom. The molecule has 1 heterocycles. The van der Waals surface area contributed by atoms with Gasteiger partial charge in [0.05, 0.1) is 23.9 Å². The summed E-state index contributed by atoms with van der Waals surface area (Å²) in [5.74, 6) is -0.697. The van der Waals surface area contributed by atoms with Crippen molar-refractivity contribution >= 4 is 51.7 Å². The van der Waals surface area contributed by atoms with Crippen molar-refractivity contribution in [1.29, 1.82) is 0 Å². The number of hydrogen-bond donors (Lipinski definition) is 1. The average Bonchev–Trinajstić information content (AvgIpc) is 2.67. The van der Waals surface area contributed by atoms with Crippen LogP contribution in [0.1, 0.15) is 17.3 Å². The number of rotatable bonds is 5. The molecular weight excluding hydrogens is 403 g/mol. The van der Waals surface area contributed by atoms with Crippen LogP contribution in [0.3, 0.4) is 0 Å². The van der Waals surface area contributed by atoms with Gasteiger partial charge in [0.15, 0.2) is 6.10 Å². The molecule has 1 aromatic heterocycles. The predicted molar refractivity (Wildman–Crippen MR) is 108 cm³/mol. The van der Waals surface area contributed by atoms with Crippen molar-refractivity contribution < 1.29 is 19.1 Å². The van der Waals surface area contributed by atoms with Gasteiger partial charge in [-0.05, 0) is 55.5 Å². The van der Waals surface area contributed by atoms with Crippen LogP contribution >= 0.6 is 23.2 Å². The zero-order valence-corrected chi connectivity index (χ0v) is 16.5. The van der Waals surface area contributed by atoms with Crippen LogP contribution in [0.5, 0.6) is 5.75 Å². The Labute approximate surface area is 171 Å². The van der Waals surface area contributed by atoms with Gasteiger partial charge >= 0.3 is 5.97 Å². The molecule has 8 heteroatoms. The first kappa shape index (κ1) is 19.9. The smallest absolute Gasteiger partial charge is 0.338 e. The molecule has 0 saturated carbocycles. The predicted octanol–water partition coefficient (Wildman–Crippen LogP) is 4.73. The minimum atomic E-state index is -1.03. The number of fused-ring (bicyclic) bond motifs is 1. The van der Waals surface area contributed by atoms with Gasteiger partial charge in [-0.15, -0.1) is 0 Å². The summed E-state index contributed by atoms with van der Waals surface area (Å²) < 4.78 is 10.5. The number of ether oxygens (including phenoxy) is 2. The number of esters is 1. The normalized spacial score (nSPS) is 11.7. The molecule has 0 spiro atoms. The van der Waals surface area contributed by atoms with E-state index in [0.717, 1.165) is 5.39 Å². The van der Waals surface area contributed by atoms with Crippen LogP contribution in [-0.2, 0) is 9.53 Å². The van der Waals surface area contributed by atoms with E-state index in [2.05, 4.69) is 10.3 Å². The van der Waals surface area contributed by atoms with Crippen LogP contribution in [0.2, 0.25) is 10.2 Å². The van der Waals surface area contributed by atoms with Gasteiger partial charge < -0.3 is 14.8 Å². The number of carbonyl (C=O) groups is 2. The standard InChI is InChI=1S/C20H16Cl2N2O4/c1-11(19(25)24-16-10-14(21)5-7-17(16)27-2)28-20(26)13-3-6-15-12(9-13)4-8-18(22)23-15/h3-11H,1-2H3,(H,24,25). The summed E-state index contributed by atoms with van der Waals surface area (Å²) in [5, 5.41) is 4.18. The van der Waals surface area contributed by atoms with Gasteiger partial charge in [-0.1, -0.05) is 23.2 Å². The van der Waals surface area contributed by atoms with Crippen molar-refractivity contribution in [3.05, 3.63) is 64.3 Å². The maximum absolute atomic E-state index is 12.4. The van der Waals surface area contributed by atoms with E-state index in [1.807, 2.05) is 0 Å². The van der Waals surface area contributed by atoms with Crippen LogP contribution in [-0.4, -0.2) is 30.1 Å². The fourth-order valence-electron chi connectivity index (χ4n) is 2.52. The van der Waals surface area contributed by atoms with Crippen molar-refractivity contribution in [1.82, 2.24) is 4.98 Å². The fraction of sp³-hybridized carbons (Fsp3) is 0.150. The average molecular weight is 419 g/mol. The molecule has 28 heavy (non-hydrogen) atoms. The third-order valence-corrected chi connectivity index (χ3v) is 4.41. The number of benzene rings is 2. The Morgan fingerprint density at radius 3 is 2.61 bits per heavy atom. The molecule has 1 atom stereocenters. The third kappa shape index (κ3) is 4.52. The minimum absolute atomic E-state index is 0.302. The molecule has 6 nitrogen and oxygen atoms in total. The van der Waals surface area contributed by atoms with Crippen molar-refractivity contribution in [3.63, 3.8) is 0 Å². The summed E-state index contributed by atoms with van der Waals surface area (Å²) in [6.07, 6.45) is -1.03. The highest BCUT2D eigenvalue weighted by molar-refractivity contribution is 6.31. The first-order valence-corrected chi connectivity index (χ1v) is 9.04. The van der Waals surface area contributed by atoms with E-state index >= 15 is 0 Å². The molecule has 0 fully saturated rings. The lowest BCUT2D eigenvalue weighted by Crippen LogP contribution is -2.30. The SMILES string of the molecule is COc1ccc(Cl)cc1NC(=O)C(C)OC(=O)c1ccc2nc(Cl)ccc2c1. The molecule has 3 rings (SSSR count). The molecule has 144 valence electrons. The first-order valence-electron chi connectivity index (χ1n) is 8.29. The number of methoxy groups -OCH3 is 1. The van der Waals surface area contributed by atoms with E-state index < -0.39 is 18.0 Å². The van der Waals surface area contributed by atoms with E-state index in [1.54, 1.807) is 48.5 Å². The van der Waals surface area contributed by atoms with Gasteiger partial charge in [0.1, 0.15) is 10.9 Å². The Hall–Kier alpha value is -2.83. The Morgan fingerprint density at radius 1 is 1.07 bits per heavy atom. The Balaban J connectivity index is 1.71. The first-order chi connectivity index (χ1) is 13.4. The van der Waals surface area contributed by atoms with Gasteiger partial charge in [0.2, 0.25) is 0 Å². The van der Waals surface area contributed by atoms with E-state index in [4.69, 9.17) is 32.7 Å². The molecule has 1 amide bonds. The van der Waals surface area contributed by atoms with Crippen molar-refractivity contribution in [3.8, 4) is 5.75 Å². The van der Waals surface area contributed by atoms with Crippen molar-refractivity contribution in [2.24, 2.45) is 0 Å². The molecule has 1 unspecified atom stereocenters. The van der Waals surface area contributed by atoms with Crippen LogP contribution in [0.25, 0.3) is 10.9 Å². The van der Waals surface area contributed by atoms with E-state index in [1.165, 1.54) is 14.0 Å². The molecule has 2 aromatic carbocycles. The van der Waals surface area contributed by atoms with Gasteiger partial charge in [-0.3, -0.25) is 4.79 Å². The number of anilines is 1. The molecule has 1 N–H and O–H groups in total. The van der Waals surface area contributed by atoms with Crippen LogP contribution in [0, 0.1) is 0 Å². The number of hydrogen-bond acceptors (Lipinski definition) is 5. The summed E-state index contributed by atoms with van der Waals surface area (Å²) >= 11 is 11.8. The maximum Gasteiger partial charge on any atom is 0.338 e. The Kier molecular flexibility index (Phi) is 6.02. The second-order valence-electron chi connectivity index (χ2n) is 5.92. The lowest BCUT2D eigenvalue weighted by atomic mass is 10.1. The number of halogens is 2. The quantitative estimate of drug-likeness (QED) is 0.478. The van der Waals surface area contributed by atoms with Crippen LogP contribution in [0.15, 0.2) is 48.5 Å². The number of aromatic nitrogens is 1. The van der Waals surface area contributed by atoms with Crippen molar-refractivity contribution in [2.45, 2.75) is 13.0 Å². The van der Waals surface area contributed by atoms with Gasteiger partial charge in [-0.2, -0.15) is 0 Å². The monoisotopic (exact) mass is 418 g/mol. The zero-order chi connectivity index (χ0) is 20.3. The highest BCUT2D eigenvalue weighted by atomic mass is 35.5. The van der Waals surface area contributed by atoms with Gasteiger partial charge in [-0.25, -0.2) is 9.78 Å². The second kappa shape index (κ2) is 8.46. The molecule has 0 saturated heterocycles. The summed E-state index contributed by atoms with van der Waals surface area (Å²) in [6.45, 7) is 1.48. The van der Waals surface area contributed by atoms with Gasteiger partial charge in [0, 0.05) is 10.4 Å². The molecule has 3 aromatic rings. The molecule has 0 radical (unpaired) electrons. The van der Waals surface area contributed by atoms with Crippen molar-refractivity contribution in [2.75, 3.05) is 12.4 Å². The third-order valence-electron chi connectivity index (χ3n) is 3.96. The van der Waals surface area contributed by atoms with E-state index in [-0.39, 0.29) is 0 Å². The number of carbonyl (C=O) groups excluding carboxylic acids is 2. The van der Waals surface area contributed by atoms with E-state index in [0.29, 0.717) is 32.7 Å². The summed E-state index contributed by atoms with van der Waals surface area (Å²) in [7, 11) is 1.48. The maximum atomic E-state index is 12.4. The molecule has 0 aliphatic rings. The highest BCUT2D eigenvalue weighted by Gasteiger charge is 2.20. The lowest BCUT2D eigenvalue weighted by molar-refractivity contribution is -0.123. The molecule has 0 bridgehead atoms.